The SMILES string of the molecule is CC1CN(C(=O)N2CCCCCC2)CC(C)N1C. The molecule has 0 aromatic carbocycles. The summed E-state index contributed by atoms with van der Waals surface area (Å²) >= 11 is 0. The molecule has 2 rings (SSSR count). The molecule has 2 unspecified atom stereocenters. The van der Waals surface area contributed by atoms with Crippen LogP contribution in [-0.2, 0) is 0 Å². The standard InChI is InChI=1S/C14H27N3O/c1-12-10-17(11-13(2)15(12)3)14(18)16-8-6-4-5-7-9-16/h12-13H,4-11H2,1-3H3. The molecular formula is C14H27N3O. The van der Waals surface area contributed by atoms with Gasteiger partial charge >= 0.3 is 6.03 Å². The van der Waals surface area contributed by atoms with E-state index >= 15 is 0 Å². The van der Waals surface area contributed by atoms with Gasteiger partial charge in [-0.15, -0.1) is 0 Å². The van der Waals surface area contributed by atoms with E-state index < -0.39 is 0 Å². The van der Waals surface area contributed by atoms with Crippen LogP contribution in [0.2, 0.25) is 0 Å². The number of piperazine rings is 1. The third-order valence-electron chi connectivity index (χ3n) is 4.51. The van der Waals surface area contributed by atoms with Crippen molar-refractivity contribution in [1.29, 1.82) is 0 Å². The van der Waals surface area contributed by atoms with Crippen LogP contribution in [0, 0.1) is 0 Å². The van der Waals surface area contributed by atoms with Gasteiger partial charge in [0.15, 0.2) is 0 Å². The van der Waals surface area contributed by atoms with Gasteiger partial charge in [-0.25, -0.2) is 4.79 Å². The Morgan fingerprint density at radius 2 is 1.39 bits per heavy atom. The van der Waals surface area contributed by atoms with Crippen LogP contribution in [0.25, 0.3) is 0 Å². The van der Waals surface area contributed by atoms with Crippen molar-refractivity contribution in [2.24, 2.45) is 0 Å². The van der Waals surface area contributed by atoms with E-state index in [0.717, 1.165) is 26.2 Å². The fourth-order valence-electron chi connectivity index (χ4n) is 3.02. The van der Waals surface area contributed by atoms with E-state index in [2.05, 4.69) is 35.6 Å². The molecule has 104 valence electrons. The van der Waals surface area contributed by atoms with Gasteiger partial charge < -0.3 is 9.80 Å². The molecule has 4 nitrogen and oxygen atoms in total. The molecule has 18 heavy (non-hydrogen) atoms. The zero-order valence-electron chi connectivity index (χ0n) is 12.1. The number of likely N-dealkylation sites (N-methyl/N-ethyl adjacent to an activating group) is 1. The highest BCUT2D eigenvalue weighted by Crippen LogP contribution is 2.17. The van der Waals surface area contributed by atoms with Crippen molar-refractivity contribution in [3.8, 4) is 0 Å². The Morgan fingerprint density at radius 3 is 1.89 bits per heavy atom. The molecule has 0 aliphatic carbocycles. The molecule has 0 aromatic rings. The minimum atomic E-state index is 0.267. The molecule has 2 aliphatic rings. The summed E-state index contributed by atoms with van der Waals surface area (Å²) < 4.78 is 0. The Morgan fingerprint density at radius 1 is 0.889 bits per heavy atom. The Balaban J connectivity index is 1.95. The highest BCUT2D eigenvalue weighted by atomic mass is 16.2. The van der Waals surface area contributed by atoms with Gasteiger partial charge in [-0.1, -0.05) is 12.8 Å². The second-order valence-corrected chi connectivity index (χ2v) is 5.95. The van der Waals surface area contributed by atoms with Crippen LogP contribution in [-0.4, -0.2) is 66.0 Å². The first kappa shape index (κ1) is 13.7. The van der Waals surface area contributed by atoms with E-state index in [1.54, 1.807) is 0 Å². The maximum atomic E-state index is 12.5. The number of carbonyl (C=O) groups excluding carboxylic acids is 1. The van der Waals surface area contributed by atoms with E-state index in [0.29, 0.717) is 12.1 Å². The number of likely N-dealkylation sites (tertiary alicyclic amines) is 1. The van der Waals surface area contributed by atoms with Gasteiger partial charge in [-0.05, 0) is 33.7 Å². The average Bonchev–Trinajstić information content (AvgIpc) is 2.63. The predicted molar refractivity (Wildman–Crippen MR) is 73.7 cm³/mol. The van der Waals surface area contributed by atoms with E-state index in [9.17, 15) is 4.79 Å². The molecule has 0 saturated carbocycles. The Hall–Kier alpha value is -0.770. The Labute approximate surface area is 111 Å². The quantitative estimate of drug-likeness (QED) is 0.660. The number of carbonyl (C=O) groups is 1. The van der Waals surface area contributed by atoms with Crippen molar-refractivity contribution in [3.05, 3.63) is 0 Å². The summed E-state index contributed by atoms with van der Waals surface area (Å²) in [4.78, 5) is 19.0. The average molecular weight is 253 g/mol. The lowest BCUT2D eigenvalue weighted by Crippen LogP contribution is -2.58. The number of nitrogens with zero attached hydrogens (tertiary/aromatic N) is 3. The van der Waals surface area contributed by atoms with Crippen molar-refractivity contribution in [2.75, 3.05) is 33.2 Å². The van der Waals surface area contributed by atoms with E-state index in [-0.39, 0.29) is 6.03 Å². The molecule has 2 heterocycles. The molecule has 2 atom stereocenters. The van der Waals surface area contributed by atoms with Gasteiger partial charge in [0, 0.05) is 38.3 Å². The Bertz CT molecular complexity index is 275. The summed E-state index contributed by atoms with van der Waals surface area (Å²) in [6.45, 7) is 8.06. The molecule has 0 spiro atoms. The van der Waals surface area contributed by atoms with Gasteiger partial charge in [-0.3, -0.25) is 4.90 Å². The molecule has 2 amide bonds. The van der Waals surface area contributed by atoms with E-state index in [1.165, 1.54) is 25.7 Å². The first-order valence-electron chi connectivity index (χ1n) is 7.35. The predicted octanol–water partition coefficient (Wildman–Crippen LogP) is 2.01. The highest BCUT2D eigenvalue weighted by Gasteiger charge is 2.31. The van der Waals surface area contributed by atoms with Gasteiger partial charge in [0.25, 0.3) is 0 Å². The van der Waals surface area contributed by atoms with Gasteiger partial charge in [0.2, 0.25) is 0 Å². The lowest BCUT2D eigenvalue weighted by molar-refractivity contribution is 0.0632. The molecule has 0 radical (unpaired) electrons. The van der Waals surface area contributed by atoms with Crippen LogP contribution in [0.5, 0.6) is 0 Å². The van der Waals surface area contributed by atoms with Gasteiger partial charge in [-0.2, -0.15) is 0 Å². The maximum Gasteiger partial charge on any atom is 0.320 e. The zero-order chi connectivity index (χ0) is 13.1. The number of hydrogen-bond acceptors (Lipinski definition) is 2. The van der Waals surface area contributed by atoms with Crippen LogP contribution in [0.4, 0.5) is 4.79 Å². The zero-order valence-corrected chi connectivity index (χ0v) is 12.1. The number of urea groups is 1. The van der Waals surface area contributed by atoms with Crippen LogP contribution in [0.3, 0.4) is 0 Å². The summed E-state index contributed by atoms with van der Waals surface area (Å²) in [7, 11) is 2.16. The molecule has 0 aromatic heterocycles. The molecular weight excluding hydrogens is 226 g/mol. The molecule has 0 bridgehead atoms. The van der Waals surface area contributed by atoms with Crippen molar-refractivity contribution in [2.45, 2.75) is 51.6 Å². The fraction of sp³-hybridized carbons (Fsp3) is 0.929. The maximum absolute atomic E-state index is 12.5. The largest absolute Gasteiger partial charge is 0.325 e. The minimum Gasteiger partial charge on any atom is -0.325 e. The van der Waals surface area contributed by atoms with Crippen LogP contribution in [0.1, 0.15) is 39.5 Å². The first-order valence-corrected chi connectivity index (χ1v) is 7.35. The van der Waals surface area contributed by atoms with Crippen molar-refractivity contribution in [1.82, 2.24) is 14.7 Å². The summed E-state index contributed by atoms with van der Waals surface area (Å²) in [6, 6.07) is 1.19. The normalized spacial score (nSPS) is 31.3. The van der Waals surface area contributed by atoms with Crippen molar-refractivity contribution < 1.29 is 4.79 Å². The van der Waals surface area contributed by atoms with Crippen LogP contribution < -0.4 is 0 Å². The monoisotopic (exact) mass is 253 g/mol. The van der Waals surface area contributed by atoms with Crippen molar-refractivity contribution >= 4 is 6.03 Å². The third kappa shape index (κ3) is 2.97. The third-order valence-corrected chi connectivity index (χ3v) is 4.51. The Kier molecular flexibility index (Phi) is 4.49. The summed E-state index contributed by atoms with van der Waals surface area (Å²) in [6.07, 6.45) is 4.90. The van der Waals surface area contributed by atoms with Gasteiger partial charge in [0.1, 0.15) is 0 Å². The lowest BCUT2D eigenvalue weighted by Gasteiger charge is -2.43. The molecule has 4 heteroatoms. The number of rotatable bonds is 0. The fourth-order valence-corrected chi connectivity index (χ4v) is 3.02. The highest BCUT2D eigenvalue weighted by molar-refractivity contribution is 5.74. The molecule has 2 aliphatic heterocycles. The second kappa shape index (κ2) is 5.91. The topological polar surface area (TPSA) is 26.8 Å². The van der Waals surface area contributed by atoms with Crippen LogP contribution in [0.15, 0.2) is 0 Å². The smallest absolute Gasteiger partial charge is 0.320 e. The number of hydrogen-bond donors (Lipinski definition) is 0. The molecule has 2 saturated heterocycles. The minimum absolute atomic E-state index is 0.267. The summed E-state index contributed by atoms with van der Waals surface area (Å²) in [5.41, 5.74) is 0. The van der Waals surface area contributed by atoms with Crippen molar-refractivity contribution in [3.63, 3.8) is 0 Å². The van der Waals surface area contributed by atoms with E-state index in [1.807, 2.05) is 0 Å². The van der Waals surface area contributed by atoms with E-state index in [4.69, 9.17) is 0 Å². The molecule has 2 fully saturated rings. The van der Waals surface area contributed by atoms with Crippen LogP contribution >= 0.6 is 0 Å². The summed E-state index contributed by atoms with van der Waals surface area (Å²) in [5.74, 6) is 0. The lowest BCUT2D eigenvalue weighted by atomic mass is 10.1. The molecule has 0 N–H and O–H groups in total. The summed E-state index contributed by atoms with van der Waals surface area (Å²) in [5, 5.41) is 0. The first-order chi connectivity index (χ1) is 8.59. The second-order valence-electron chi connectivity index (χ2n) is 5.95. The number of amides is 2. The van der Waals surface area contributed by atoms with Gasteiger partial charge in [0.05, 0.1) is 0 Å².